The van der Waals surface area contributed by atoms with Gasteiger partial charge < -0.3 is 14.6 Å². The summed E-state index contributed by atoms with van der Waals surface area (Å²) in [5, 5.41) is 16.6. The Morgan fingerprint density at radius 1 is 1.07 bits per heavy atom. The smallest absolute Gasteiger partial charge is 0.206 e. The maximum atomic E-state index is 9.59. The van der Waals surface area contributed by atoms with Gasteiger partial charge in [-0.15, -0.1) is 11.3 Å². The van der Waals surface area contributed by atoms with Crippen LogP contribution in [0.25, 0.3) is 11.3 Å². The zero-order valence-corrected chi connectivity index (χ0v) is 17.9. The molecule has 29 heavy (non-hydrogen) atoms. The van der Waals surface area contributed by atoms with Crippen molar-refractivity contribution in [2.24, 2.45) is 10.1 Å². The third kappa shape index (κ3) is 4.51. The second kappa shape index (κ2) is 9.43. The van der Waals surface area contributed by atoms with Crippen LogP contribution in [0.3, 0.4) is 0 Å². The van der Waals surface area contributed by atoms with Crippen molar-refractivity contribution in [2.45, 2.75) is 20.3 Å². The minimum atomic E-state index is 0.234. The Bertz CT molecular complexity index is 1070. The van der Waals surface area contributed by atoms with Crippen LogP contribution in [0.2, 0.25) is 0 Å². The first kappa shape index (κ1) is 20.7. The van der Waals surface area contributed by atoms with Gasteiger partial charge in [0.25, 0.3) is 0 Å². The van der Waals surface area contributed by atoms with E-state index in [4.69, 9.17) is 14.6 Å². The van der Waals surface area contributed by atoms with Crippen LogP contribution in [0, 0.1) is 0 Å². The Morgan fingerprint density at radius 3 is 2.45 bits per heavy atom. The van der Waals surface area contributed by atoms with Crippen molar-refractivity contribution in [2.75, 3.05) is 20.8 Å². The number of aromatic nitrogens is 1. The van der Waals surface area contributed by atoms with E-state index in [-0.39, 0.29) is 5.75 Å². The standard InChI is InChI=1S/C22H25N3O3S/c1-5-19(15-7-9-16(26)10-8-15)24-25-20(14-29-22(25)23-6-2)18-12-11-17(27-3)13-21(18)28-4/h7-14,26H,5-6H2,1-4H3. The van der Waals surface area contributed by atoms with Gasteiger partial charge in [-0.2, -0.15) is 5.10 Å². The molecule has 0 bridgehead atoms. The summed E-state index contributed by atoms with van der Waals surface area (Å²) in [4.78, 5) is 5.42. The summed E-state index contributed by atoms with van der Waals surface area (Å²) in [5.41, 5.74) is 3.66. The van der Waals surface area contributed by atoms with Gasteiger partial charge in [0.2, 0.25) is 4.80 Å². The van der Waals surface area contributed by atoms with Gasteiger partial charge in [-0.25, -0.2) is 4.68 Å². The Balaban J connectivity index is 2.20. The van der Waals surface area contributed by atoms with Crippen molar-refractivity contribution in [1.82, 2.24) is 4.68 Å². The predicted molar refractivity (Wildman–Crippen MR) is 117 cm³/mol. The highest BCUT2D eigenvalue weighted by molar-refractivity contribution is 7.07. The van der Waals surface area contributed by atoms with E-state index in [1.165, 1.54) is 11.3 Å². The van der Waals surface area contributed by atoms with Crippen LogP contribution in [-0.2, 0) is 0 Å². The molecule has 0 unspecified atom stereocenters. The molecule has 3 rings (SSSR count). The van der Waals surface area contributed by atoms with E-state index >= 15 is 0 Å². The zero-order valence-electron chi connectivity index (χ0n) is 17.0. The van der Waals surface area contributed by atoms with Gasteiger partial charge in [0.1, 0.15) is 17.2 Å². The van der Waals surface area contributed by atoms with E-state index in [0.29, 0.717) is 12.3 Å². The lowest BCUT2D eigenvalue weighted by Crippen LogP contribution is -2.15. The fraction of sp³-hybridized carbons (Fsp3) is 0.273. The molecular weight excluding hydrogens is 386 g/mol. The van der Waals surface area contributed by atoms with E-state index in [1.54, 1.807) is 26.4 Å². The van der Waals surface area contributed by atoms with Gasteiger partial charge >= 0.3 is 0 Å². The molecule has 2 aromatic carbocycles. The summed E-state index contributed by atoms with van der Waals surface area (Å²) in [6.07, 6.45) is 0.734. The van der Waals surface area contributed by atoms with E-state index in [9.17, 15) is 5.11 Å². The molecule has 0 aliphatic heterocycles. The monoisotopic (exact) mass is 411 g/mol. The summed E-state index contributed by atoms with van der Waals surface area (Å²) in [6.45, 7) is 4.72. The number of phenols is 1. The average molecular weight is 412 g/mol. The van der Waals surface area contributed by atoms with Gasteiger partial charge in [-0.1, -0.05) is 6.92 Å². The van der Waals surface area contributed by atoms with Crippen LogP contribution in [0.5, 0.6) is 17.2 Å². The van der Waals surface area contributed by atoms with E-state index < -0.39 is 0 Å². The van der Waals surface area contributed by atoms with E-state index in [2.05, 4.69) is 11.9 Å². The molecule has 1 N–H and O–H groups in total. The number of methoxy groups -OCH3 is 2. The quantitative estimate of drug-likeness (QED) is 0.581. The number of benzene rings is 2. The lowest BCUT2D eigenvalue weighted by Gasteiger charge is -2.12. The molecule has 152 valence electrons. The first-order valence-electron chi connectivity index (χ1n) is 9.41. The van der Waals surface area contributed by atoms with Gasteiger partial charge in [-0.05, 0) is 55.3 Å². The molecule has 0 fully saturated rings. The fourth-order valence-electron chi connectivity index (χ4n) is 2.94. The summed E-state index contributed by atoms with van der Waals surface area (Å²) in [6, 6.07) is 12.8. The molecule has 1 aromatic heterocycles. The molecule has 0 saturated carbocycles. The molecule has 0 radical (unpaired) electrons. The first-order chi connectivity index (χ1) is 14.1. The number of aromatic hydroxyl groups is 1. The maximum absolute atomic E-state index is 9.59. The zero-order chi connectivity index (χ0) is 20.8. The number of thiazole rings is 1. The van der Waals surface area contributed by atoms with Crippen LogP contribution in [-0.4, -0.2) is 36.3 Å². The third-order valence-electron chi connectivity index (χ3n) is 4.42. The molecular formula is C22H25N3O3S. The maximum Gasteiger partial charge on any atom is 0.206 e. The number of phenolic OH excluding ortho intramolecular Hbond substituents is 1. The topological polar surface area (TPSA) is 68.3 Å². The van der Waals surface area contributed by atoms with Crippen LogP contribution in [0.4, 0.5) is 0 Å². The minimum absolute atomic E-state index is 0.234. The molecule has 6 nitrogen and oxygen atoms in total. The van der Waals surface area contributed by atoms with E-state index in [0.717, 1.165) is 39.5 Å². The molecule has 0 amide bonds. The Kier molecular flexibility index (Phi) is 6.72. The number of nitrogens with zero attached hydrogens (tertiary/aromatic N) is 3. The second-order valence-corrected chi connectivity index (χ2v) is 7.04. The van der Waals surface area contributed by atoms with Gasteiger partial charge in [-0.3, -0.25) is 4.99 Å². The summed E-state index contributed by atoms with van der Waals surface area (Å²) >= 11 is 1.54. The molecule has 0 aliphatic rings. The normalized spacial score (nSPS) is 12.3. The number of hydrogen-bond acceptors (Lipinski definition) is 6. The third-order valence-corrected chi connectivity index (χ3v) is 5.27. The molecule has 7 heteroatoms. The molecule has 0 saturated heterocycles. The van der Waals surface area contributed by atoms with Crippen molar-refractivity contribution in [3.8, 4) is 28.5 Å². The van der Waals surface area contributed by atoms with Crippen LogP contribution in [0.1, 0.15) is 25.8 Å². The van der Waals surface area contributed by atoms with Crippen LogP contribution in [0.15, 0.2) is 57.9 Å². The summed E-state index contributed by atoms with van der Waals surface area (Å²) in [7, 11) is 3.27. The highest BCUT2D eigenvalue weighted by atomic mass is 32.1. The lowest BCUT2D eigenvalue weighted by atomic mass is 10.1. The van der Waals surface area contributed by atoms with Crippen molar-refractivity contribution in [1.29, 1.82) is 0 Å². The van der Waals surface area contributed by atoms with Crippen molar-refractivity contribution in [3.63, 3.8) is 0 Å². The van der Waals surface area contributed by atoms with Crippen LogP contribution < -0.4 is 14.3 Å². The summed E-state index contributed by atoms with van der Waals surface area (Å²) < 4.78 is 12.8. The molecule has 1 heterocycles. The second-order valence-electron chi connectivity index (χ2n) is 6.20. The van der Waals surface area contributed by atoms with Gasteiger partial charge in [0.15, 0.2) is 0 Å². The van der Waals surface area contributed by atoms with Crippen molar-refractivity contribution < 1.29 is 14.6 Å². The molecule has 0 atom stereocenters. The Morgan fingerprint density at radius 2 is 1.83 bits per heavy atom. The summed E-state index contributed by atoms with van der Waals surface area (Å²) in [5.74, 6) is 1.67. The highest BCUT2D eigenvalue weighted by Gasteiger charge is 2.15. The average Bonchev–Trinajstić information content (AvgIpc) is 3.14. The largest absolute Gasteiger partial charge is 0.508 e. The Labute approximate surface area is 174 Å². The van der Waals surface area contributed by atoms with Crippen molar-refractivity contribution in [3.05, 3.63) is 58.2 Å². The molecule has 0 aliphatic carbocycles. The number of ether oxygens (including phenoxy) is 2. The molecule has 0 spiro atoms. The number of hydrogen-bond donors (Lipinski definition) is 1. The molecule has 3 aromatic rings. The van der Waals surface area contributed by atoms with Gasteiger partial charge in [0, 0.05) is 23.6 Å². The highest BCUT2D eigenvalue weighted by Crippen LogP contribution is 2.33. The van der Waals surface area contributed by atoms with E-state index in [1.807, 2.05) is 47.3 Å². The van der Waals surface area contributed by atoms with Gasteiger partial charge in [0.05, 0.1) is 25.6 Å². The van der Waals surface area contributed by atoms with Crippen molar-refractivity contribution >= 4 is 17.0 Å². The predicted octanol–water partition coefficient (Wildman–Crippen LogP) is 4.52. The SMILES string of the molecule is CCN=c1scc(-c2ccc(OC)cc2OC)n1N=C(CC)c1ccc(O)cc1. The lowest BCUT2D eigenvalue weighted by molar-refractivity contribution is 0.395. The Hall–Kier alpha value is -3.06. The van der Waals surface area contributed by atoms with Crippen LogP contribution >= 0.6 is 11.3 Å². The minimum Gasteiger partial charge on any atom is -0.508 e. The fourth-order valence-corrected chi connectivity index (χ4v) is 3.83. The first-order valence-corrected chi connectivity index (χ1v) is 10.3. The number of rotatable bonds is 7.